The number of carbonyl (C=O) groups excluding carboxylic acids is 2. The Bertz CT molecular complexity index is 1460. The Hall–Kier alpha value is -3.77. The molecule has 1 aromatic heterocycles. The molecule has 206 valence electrons. The number of thiazole rings is 1. The maximum absolute atomic E-state index is 13.0. The van der Waals surface area contributed by atoms with Gasteiger partial charge in [-0.05, 0) is 62.8 Å². The number of aryl methyl sites for hydroxylation is 2. The number of nitrogens with two attached hydrogens (primary N) is 1. The van der Waals surface area contributed by atoms with E-state index in [2.05, 4.69) is 15.3 Å². The number of methoxy groups -OCH3 is 1. The highest BCUT2D eigenvalue weighted by Gasteiger charge is 2.48. The fraction of sp³-hybridized carbons (Fsp3) is 0.345. The van der Waals surface area contributed by atoms with Crippen molar-refractivity contribution in [2.75, 3.05) is 25.6 Å². The van der Waals surface area contributed by atoms with Crippen LogP contribution < -0.4 is 11.2 Å². The Kier molecular flexibility index (Phi) is 7.28. The lowest BCUT2D eigenvalue weighted by molar-refractivity contribution is -0.750. The smallest absolute Gasteiger partial charge is 0.264 e. The Morgan fingerprint density at radius 1 is 1.23 bits per heavy atom. The number of rotatable bonds is 7. The highest BCUT2D eigenvalue weighted by molar-refractivity contribution is 7.15. The van der Waals surface area contributed by atoms with Crippen LogP contribution in [0, 0.1) is 0 Å². The number of amides is 2. The van der Waals surface area contributed by atoms with Gasteiger partial charge in [0.05, 0.1) is 36.3 Å². The maximum Gasteiger partial charge on any atom is 0.264 e. The largest absolute Gasteiger partial charge is 0.381 e. The second-order valence-electron chi connectivity index (χ2n) is 10.2. The number of benzene rings is 1. The first kappa shape index (κ1) is 26.5. The van der Waals surface area contributed by atoms with E-state index in [-0.39, 0.29) is 22.4 Å². The number of aromatic nitrogens is 1. The van der Waals surface area contributed by atoms with Gasteiger partial charge in [-0.1, -0.05) is 6.08 Å². The normalized spacial score (nSPS) is 23.5. The summed E-state index contributed by atoms with van der Waals surface area (Å²) < 4.78 is 4.89. The van der Waals surface area contributed by atoms with Crippen LogP contribution in [-0.4, -0.2) is 64.6 Å². The Labute approximate surface area is 236 Å². The number of amidine groups is 1. The first-order valence-corrected chi connectivity index (χ1v) is 14.4. The van der Waals surface area contributed by atoms with Crippen molar-refractivity contribution in [1.82, 2.24) is 9.88 Å². The third-order valence-electron chi connectivity index (χ3n) is 7.67. The molecule has 11 heteroatoms. The van der Waals surface area contributed by atoms with E-state index in [0.717, 1.165) is 54.8 Å². The van der Waals surface area contributed by atoms with Crippen molar-refractivity contribution < 1.29 is 18.9 Å². The van der Waals surface area contributed by atoms with Gasteiger partial charge in [-0.2, -0.15) is 10.8 Å². The topological polar surface area (TPSA) is 122 Å². The number of carbonyl (C=O) groups is 2. The zero-order valence-electron chi connectivity index (χ0n) is 22.4. The van der Waals surface area contributed by atoms with Crippen LogP contribution in [0.3, 0.4) is 0 Å². The van der Waals surface area contributed by atoms with Gasteiger partial charge >= 0.3 is 0 Å². The van der Waals surface area contributed by atoms with Gasteiger partial charge in [-0.15, -0.1) is 15.9 Å². The molecular formula is C29H32N7O3S+. The lowest BCUT2D eigenvalue weighted by atomic mass is 10.0. The molecule has 10 nitrogen and oxygen atoms in total. The van der Waals surface area contributed by atoms with Crippen molar-refractivity contribution >= 4 is 40.3 Å². The van der Waals surface area contributed by atoms with Gasteiger partial charge in [0.2, 0.25) is 11.6 Å². The molecule has 2 atom stereocenters. The predicted octanol–water partition coefficient (Wildman–Crippen LogP) is 3.69. The molecule has 3 N–H and O–H groups in total. The number of anilines is 1. The van der Waals surface area contributed by atoms with Crippen LogP contribution in [0.5, 0.6) is 0 Å². The van der Waals surface area contributed by atoms with E-state index in [1.54, 1.807) is 61.3 Å². The molecule has 1 saturated heterocycles. The van der Waals surface area contributed by atoms with Crippen LogP contribution in [-0.2, 0) is 22.4 Å². The lowest BCUT2D eigenvalue weighted by Crippen LogP contribution is -2.53. The molecule has 4 heterocycles. The number of hydrogen-bond acceptors (Lipinski definition) is 8. The number of likely N-dealkylation sites (tertiary alicyclic amines) is 1. The van der Waals surface area contributed by atoms with Gasteiger partial charge < -0.3 is 9.64 Å². The van der Waals surface area contributed by atoms with Crippen LogP contribution in [0.4, 0.5) is 5.13 Å². The second kappa shape index (κ2) is 11.0. The summed E-state index contributed by atoms with van der Waals surface area (Å²) in [5.41, 5.74) is 3.90. The Morgan fingerprint density at radius 2 is 2.05 bits per heavy atom. The van der Waals surface area contributed by atoms with Gasteiger partial charge in [0.1, 0.15) is 11.9 Å². The molecule has 0 spiro atoms. The first-order chi connectivity index (χ1) is 19.5. The highest BCUT2D eigenvalue weighted by Crippen LogP contribution is 2.37. The number of aliphatic imine (C=N–C) groups is 2. The van der Waals surface area contributed by atoms with Gasteiger partial charge in [-0.3, -0.25) is 19.9 Å². The summed E-state index contributed by atoms with van der Waals surface area (Å²) in [6.07, 6.45) is 14.4. The molecule has 3 aliphatic heterocycles. The molecule has 0 radical (unpaired) electrons. The number of nitrogens with one attached hydrogen (secondary N) is 1. The van der Waals surface area contributed by atoms with Gasteiger partial charge in [-0.25, -0.2) is 4.98 Å². The quantitative estimate of drug-likeness (QED) is 0.305. The van der Waals surface area contributed by atoms with Crippen LogP contribution in [0.2, 0.25) is 0 Å². The van der Waals surface area contributed by atoms with Crippen molar-refractivity contribution in [2.24, 2.45) is 15.8 Å². The van der Waals surface area contributed by atoms with E-state index >= 15 is 0 Å². The minimum atomic E-state index is -0.208. The number of hydrogen-bond donors (Lipinski definition) is 2. The minimum Gasteiger partial charge on any atom is -0.381 e. The summed E-state index contributed by atoms with van der Waals surface area (Å²) in [5, 5.41) is 3.61. The zero-order chi connectivity index (χ0) is 27.7. The molecule has 0 bridgehead atoms. The molecule has 6 rings (SSSR count). The molecule has 1 aromatic carbocycles. The van der Waals surface area contributed by atoms with Crippen LogP contribution >= 0.6 is 11.3 Å². The third kappa shape index (κ3) is 4.86. The fourth-order valence-corrected chi connectivity index (χ4v) is 6.70. The summed E-state index contributed by atoms with van der Waals surface area (Å²) >= 11 is 1.57. The average molecular weight is 559 g/mol. The third-order valence-corrected chi connectivity index (χ3v) is 8.74. The molecule has 0 saturated carbocycles. The van der Waals surface area contributed by atoms with E-state index in [1.165, 1.54) is 11.3 Å². The SMILES string of the molecule is COC/C=C/C(=O)N1CCCC1C1=C2C=NC=C[N+]2(N)C(c2ccc(C(=O)Nc3nc4c(s3)CCCC4)cc2)=N1. The van der Waals surface area contributed by atoms with Crippen LogP contribution in [0.25, 0.3) is 0 Å². The first-order valence-electron chi connectivity index (χ1n) is 13.6. The maximum atomic E-state index is 13.0. The molecule has 2 unspecified atom stereocenters. The molecule has 4 aliphatic rings. The highest BCUT2D eigenvalue weighted by atomic mass is 32.1. The Morgan fingerprint density at radius 3 is 2.85 bits per heavy atom. The lowest BCUT2D eigenvalue weighted by Gasteiger charge is -2.27. The summed E-state index contributed by atoms with van der Waals surface area (Å²) in [4.78, 5) is 43.0. The van der Waals surface area contributed by atoms with Crippen LogP contribution in [0.15, 0.2) is 70.2 Å². The minimum absolute atomic E-state index is 0.0776. The van der Waals surface area contributed by atoms with E-state index < -0.39 is 0 Å². The van der Waals surface area contributed by atoms with E-state index in [4.69, 9.17) is 15.6 Å². The average Bonchev–Trinajstić information content (AvgIpc) is 3.68. The molecule has 1 fully saturated rings. The van der Waals surface area contributed by atoms with Crippen molar-refractivity contribution in [2.45, 2.75) is 44.6 Å². The Balaban J connectivity index is 1.24. The summed E-state index contributed by atoms with van der Waals surface area (Å²) in [6.45, 7) is 1.02. The van der Waals surface area contributed by atoms with Gasteiger partial charge in [0.15, 0.2) is 5.13 Å². The fourth-order valence-electron chi connectivity index (χ4n) is 5.65. The predicted molar refractivity (Wildman–Crippen MR) is 155 cm³/mol. The number of fused-ring (bicyclic) bond motifs is 2. The van der Waals surface area contributed by atoms with E-state index in [1.807, 2.05) is 17.0 Å². The van der Waals surface area contributed by atoms with Crippen molar-refractivity contribution in [1.29, 1.82) is 0 Å². The molecule has 40 heavy (non-hydrogen) atoms. The zero-order valence-corrected chi connectivity index (χ0v) is 23.2. The number of ether oxygens (including phenoxy) is 1. The summed E-state index contributed by atoms with van der Waals surface area (Å²) in [6, 6.07) is 7.06. The van der Waals surface area contributed by atoms with E-state index in [9.17, 15) is 9.59 Å². The second-order valence-corrected chi connectivity index (χ2v) is 11.3. The van der Waals surface area contributed by atoms with Crippen LogP contribution in [0.1, 0.15) is 52.2 Å². The molecule has 1 aliphatic carbocycles. The standard InChI is InChI=1S/C29H31N7O3S/c1-39-17-5-9-25(37)35-15-4-7-22(35)26-23-18-31-14-16-36(23,30)27(33-26)19-10-12-20(13-11-19)28(38)34-29-32-21-6-2-3-8-24(21)40-29/h5,9-14,16,18,22H,2-4,6-8,15,17,30H2,1H3/p+1/b9-5+. The summed E-state index contributed by atoms with van der Waals surface area (Å²) in [7, 11) is 1.59. The van der Waals surface area contributed by atoms with Crippen molar-refractivity contribution in [3.63, 3.8) is 0 Å². The summed E-state index contributed by atoms with van der Waals surface area (Å²) in [5.74, 6) is 7.25. The van der Waals surface area contributed by atoms with Gasteiger partial charge in [0, 0.05) is 30.2 Å². The van der Waals surface area contributed by atoms with E-state index in [0.29, 0.717) is 29.7 Å². The van der Waals surface area contributed by atoms with Crippen molar-refractivity contribution in [3.8, 4) is 0 Å². The molecule has 2 aromatic rings. The number of allylic oxidation sites excluding steroid dienone is 1. The number of quaternary nitrogens is 1. The van der Waals surface area contributed by atoms with Gasteiger partial charge in [0.25, 0.3) is 11.7 Å². The molecular weight excluding hydrogens is 526 g/mol. The number of nitrogens with zero attached hydrogens (tertiary/aromatic N) is 5. The molecule has 2 amide bonds. The van der Waals surface area contributed by atoms with Crippen molar-refractivity contribution in [3.05, 3.63) is 81.9 Å². The monoisotopic (exact) mass is 558 g/mol.